The number of rotatable bonds is 2. The van der Waals surface area contributed by atoms with Gasteiger partial charge in [-0.1, -0.05) is 12.1 Å². The second-order valence-corrected chi connectivity index (χ2v) is 7.94. The van der Waals surface area contributed by atoms with Crippen molar-refractivity contribution >= 4 is 11.7 Å². The van der Waals surface area contributed by atoms with Gasteiger partial charge < -0.3 is 20.5 Å². The highest BCUT2D eigenvalue weighted by atomic mass is 16.5. The van der Waals surface area contributed by atoms with Gasteiger partial charge in [-0.15, -0.1) is 0 Å². The van der Waals surface area contributed by atoms with E-state index in [1.807, 2.05) is 6.92 Å². The quantitative estimate of drug-likeness (QED) is 0.740. The number of hydrogen-bond acceptors (Lipinski definition) is 5. The van der Waals surface area contributed by atoms with Crippen LogP contribution in [0, 0.1) is 0 Å². The summed E-state index contributed by atoms with van der Waals surface area (Å²) in [5.41, 5.74) is 0.688. The lowest BCUT2D eigenvalue weighted by molar-refractivity contribution is -0.197. The number of Topliss-reactive ketones (excluding diaryl/α,β-unsaturated/α-hetero) is 1. The molecule has 0 unspecified atom stereocenters. The molecule has 1 aromatic carbocycles. The monoisotopic (exact) mass is 358 g/mol. The summed E-state index contributed by atoms with van der Waals surface area (Å²) in [5.74, 6) is -0.121. The molecule has 2 saturated heterocycles. The van der Waals surface area contributed by atoms with Crippen LogP contribution in [0.5, 0.6) is 0 Å². The highest BCUT2D eigenvalue weighted by Crippen LogP contribution is 2.39. The Morgan fingerprint density at radius 2 is 2.04 bits per heavy atom. The molecular formula is C20H26N2O4. The molecule has 2 fully saturated rings. The molecular weight excluding hydrogens is 332 g/mol. The van der Waals surface area contributed by atoms with Crippen molar-refractivity contribution in [2.75, 3.05) is 19.7 Å². The van der Waals surface area contributed by atoms with Gasteiger partial charge in [0, 0.05) is 24.2 Å². The highest BCUT2D eigenvalue weighted by molar-refractivity contribution is 6.05. The Bertz CT molecular complexity index is 736. The molecule has 1 aliphatic carbocycles. The third kappa shape index (κ3) is 2.76. The zero-order valence-electron chi connectivity index (χ0n) is 15.1. The summed E-state index contributed by atoms with van der Waals surface area (Å²) >= 11 is 0. The number of fused-ring (bicyclic) bond motifs is 1. The van der Waals surface area contributed by atoms with Crippen LogP contribution >= 0.6 is 0 Å². The molecule has 6 nitrogen and oxygen atoms in total. The van der Waals surface area contributed by atoms with Gasteiger partial charge in [0.25, 0.3) is 5.91 Å². The molecule has 26 heavy (non-hydrogen) atoms. The fourth-order valence-corrected chi connectivity index (χ4v) is 4.69. The van der Waals surface area contributed by atoms with E-state index in [1.54, 1.807) is 18.2 Å². The molecule has 2 heterocycles. The number of hydrogen-bond donors (Lipinski definition) is 3. The average Bonchev–Trinajstić information content (AvgIpc) is 3.02. The molecule has 4 rings (SSSR count). The van der Waals surface area contributed by atoms with E-state index in [2.05, 4.69) is 10.6 Å². The molecule has 0 bridgehead atoms. The standard InChI is InChI=1S/C20H26N2O4/c1-19(9-12-26-20(18(19)25)7-10-21-11-8-20)22-17(24)15-4-2-3-14-13(15)5-6-16(14)23/h2-4,18,21,25H,5-12H2,1H3,(H,22,24)/t18-,19+/m0/s1. The van der Waals surface area contributed by atoms with Gasteiger partial charge in [0.1, 0.15) is 6.10 Å². The SMILES string of the molecule is C[C@@]1(NC(=O)c2cccc3c2CCC3=O)CCOC2(CCNCC2)[C@H]1O. The van der Waals surface area contributed by atoms with Crippen molar-refractivity contribution < 1.29 is 19.4 Å². The summed E-state index contributed by atoms with van der Waals surface area (Å²) in [6.45, 7) is 4.01. The average molecular weight is 358 g/mol. The van der Waals surface area contributed by atoms with E-state index in [-0.39, 0.29) is 11.7 Å². The van der Waals surface area contributed by atoms with Crippen molar-refractivity contribution in [1.29, 1.82) is 0 Å². The first-order chi connectivity index (χ1) is 12.5. The summed E-state index contributed by atoms with van der Waals surface area (Å²) < 4.78 is 6.00. The van der Waals surface area contributed by atoms with Gasteiger partial charge in [0.05, 0.1) is 11.1 Å². The van der Waals surface area contributed by atoms with E-state index >= 15 is 0 Å². The lowest BCUT2D eigenvalue weighted by atomic mass is 9.73. The summed E-state index contributed by atoms with van der Waals surface area (Å²) in [6.07, 6.45) is 2.32. The maximum Gasteiger partial charge on any atom is 0.252 e. The first kappa shape index (κ1) is 17.6. The molecule has 2 atom stereocenters. The minimum atomic E-state index is -0.770. The number of aliphatic hydroxyl groups excluding tert-OH is 1. The van der Waals surface area contributed by atoms with Gasteiger partial charge in [0.2, 0.25) is 0 Å². The number of piperidine rings is 1. The predicted octanol–water partition coefficient (Wildman–Crippen LogP) is 1.21. The summed E-state index contributed by atoms with van der Waals surface area (Å²) in [4.78, 5) is 25.0. The normalized spacial score (nSPS) is 30.2. The van der Waals surface area contributed by atoms with Crippen LogP contribution in [-0.4, -0.2) is 53.7 Å². The van der Waals surface area contributed by atoms with Gasteiger partial charge in [-0.05, 0) is 57.3 Å². The molecule has 1 amide bonds. The van der Waals surface area contributed by atoms with E-state index in [0.717, 1.165) is 31.5 Å². The minimum absolute atomic E-state index is 0.0978. The highest BCUT2D eigenvalue weighted by Gasteiger charge is 2.53. The Morgan fingerprint density at radius 3 is 2.81 bits per heavy atom. The minimum Gasteiger partial charge on any atom is -0.388 e. The van der Waals surface area contributed by atoms with Crippen molar-refractivity contribution in [3.63, 3.8) is 0 Å². The molecule has 3 aliphatic rings. The second-order valence-electron chi connectivity index (χ2n) is 7.94. The van der Waals surface area contributed by atoms with Gasteiger partial charge in [-0.2, -0.15) is 0 Å². The van der Waals surface area contributed by atoms with Crippen LogP contribution in [0.4, 0.5) is 0 Å². The van der Waals surface area contributed by atoms with E-state index in [4.69, 9.17) is 4.74 Å². The number of nitrogens with one attached hydrogen (secondary N) is 2. The molecule has 0 radical (unpaired) electrons. The maximum atomic E-state index is 13.0. The van der Waals surface area contributed by atoms with E-state index in [0.29, 0.717) is 37.0 Å². The van der Waals surface area contributed by atoms with E-state index in [1.165, 1.54) is 0 Å². The van der Waals surface area contributed by atoms with Crippen LogP contribution < -0.4 is 10.6 Å². The third-order valence-corrected chi connectivity index (χ3v) is 6.28. The van der Waals surface area contributed by atoms with Gasteiger partial charge in [-0.3, -0.25) is 9.59 Å². The largest absolute Gasteiger partial charge is 0.388 e. The van der Waals surface area contributed by atoms with Crippen LogP contribution in [0.3, 0.4) is 0 Å². The van der Waals surface area contributed by atoms with Crippen LogP contribution in [0.15, 0.2) is 18.2 Å². The number of ketones is 1. The third-order valence-electron chi connectivity index (χ3n) is 6.28. The van der Waals surface area contributed by atoms with Crippen LogP contribution in [0.25, 0.3) is 0 Å². The number of aliphatic hydroxyl groups is 1. The Balaban J connectivity index is 1.58. The van der Waals surface area contributed by atoms with Crippen molar-refractivity contribution in [1.82, 2.24) is 10.6 Å². The second kappa shape index (κ2) is 6.44. The number of amides is 1. The smallest absolute Gasteiger partial charge is 0.252 e. The zero-order chi connectivity index (χ0) is 18.4. The van der Waals surface area contributed by atoms with Crippen LogP contribution in [0.1, 0.15) is 58.9 Å². The molecule has 0 saturated carbocycles. The molecule has 2 aliphatic heterocycles. The first-order valence-electron chi connectivity index (χ1n) is 9.46. The van der Waals surface area contributed by atoms with Gasteiger partial charge >= 0.3 is 0 Å². The summed E-state index contributed by atoms with van der Waals surface area (Å²) in [6, 6.07) is 5.31. The number of ether oxygens (including phenoxy) is 1. The summed E-state index contributed by atoms with van der Waals surface area (Å²) in [7, 11) is 0. The van der Waals surface area contributed by atoms with Gasteiger partial charge in [-0.25, -0.2) is 0 Å². The zero-order valence-corrected chi connectivity index (χ0v) is 15.1. The van der Waals surface area contributed by atoms with Crippen molar-refractivity contribution in [3.05, 3.63) is 34.9 Å². The van der Waals surface area contributed by atoms with Crippen molar-refractivity contribution in [3.8, 4) is 0 Å². The summed E-state index contributed by atoms with van der Waals surface area (Å²) in [5, 5.41) is 17.5. The molecule has 140 valence electrons. The van der Waals surface area contributed by atoms with Crippen molar-refractivity contribution in [2.24, 2.45) is 0 Å². The maximum absolute atomic E-state index is 13.0. The fraction of sp³-hybridized carbons (Fsp3) is 0.600. The Hall–Kier alpha value is -1.76. The molecule has 1 aromatic rings. The molecule has 1 spiro atoms. The van der Waals surface area contributed by atoms with Crippen LogP contribution in [0.2, 0.25) is 0 Å². The lowest BCUT2D eigenvalue weighted by Gasteiger charge is -2.52. The Labute approximate surface area is 153 Å². The molecule has 0 aromatic heterocycles. The lowest BCUT2D eigenvalue weighted by Crippen LogP contribution is -2.69. The topological polar surface area (TPSA) is 87.7 Å². The Kier molecular flexibility index (Phi) is 4.37. The number of benzene rings is 1. The van der Waals surface area contributed by atoms with Gasteiger partial charge in [0.15, 0.2) is 5.78 Å². The van der Waals surface area contributed by atoms with Crippen molar-refractivity contribution in [2.45, 2.75) is 56.3 Å². The molecule has 3 N–H and O–H groups in total. The number of carbonyl (C=O) groups excluding carboxylic acids is 2. The molecule has 6 heteroatoms. The van der Waals surface area contributed by atoms with E-state index < -0.39 is 17.2 Å². The van der Waals surface area contributed by atoms with Crippen LogP contribution in [-0.2, 0) is 11.2 Å². The fourth-order valence-electron chi connectivity index (χ4n) is 4.69. The Morgan fingerprint density at radius 1 is 1.27 bits per heavy atom. The predicted molar refractivity (Wildman–Crippen MR) is 96.4 cm³/mol. The number of carbonyl (C=O) groups is 2. The van der Waals surface area contributed by atoms with E-state index in [9.17, 15) is 14.7 Å². The first-order valence-corrected chi connectivity index (χ1v) is 9.46.